The van der Waals surface area contributed by atoms with E-state index >= 15 is 0 Å². The van der Waals surface area contributed by atoms with Crippen molar-refractivity contribution in [2.75, 3.05) is 31.7 Å². The van der Waals surface area contributed by atoms with E-state index in [1.165, 1.54) is 11.3 Å². The molecule has 5 rings (SSSR count). The highest BCUT2D eigenvalue weighted by Crippen LogP contribution is 2.40. The van der Waals surface area contributed by atoms with Crippen LogP contribution in [0.2, 0.25) is 0 Å². The molecule has 0 radical (unpaired) electrons. The molecular weight excluding hydrogens is 522 g/mol. The number of anilines is 1. The van der Waals surface area contributed by atoms with Crippen molar-refractivity contribution in [2.24, 2.45) is 4.99 Å². The van der Waals surface area contributed by atoms with E-state index in [1.807, 2.05) is 54.6 Å². The molecule has 0 unspecified atom stereocenters. The molecule has 7 nitrogen and oxygen atoms in total. The average molecular weight is 556 g/mol. The van der Waals surface area contributed by atoms with E-state index in [2.05, 4.69) is 30.9 Å². The predicted molar refractivity (Wildman–Crippen MR) is 161 cm³/mol. The fourth-order valence-electron chi connectivity index (χ4n) is 5.32. The number of fused-ring (bicyclic) bond motifs is 2. The van der Waals surface area contributed by atoms with Crippen molar-refractivity contribution in [3.05, 3.63) is 103 Å². The molecule has 206 valence electrons. The summed E-state index contributed by atoms with van der Waals surface area (Å²) in [6.45, 7) is 9.88. The summed E-state index contributed by atoms with van der Waals surface area (Å²) < 4.78 is 13.4. The molecule has 0 fully saturated rings. The zero-order valence-corrected chi connectivity index (χ0v) is 24.2. The number of ether oxygens (including phenoxy) is 2. The second-order valence-electron chi connectivity index (χ2n) is 9.47. The van der Waals surface area contributed by atoms with Crippen molar-refractivity contribution in [3.8, 4) is 5.75 Å². The summed E-state index contributed by atoms with van der Waals surface area (Å²) in [5.41, 5.74) is 3.43. The van der Waals surface area contributed by atoms with Gasteiger partial charge in [-0.05, 0) is 68.3 Å². The number of esters is 1. The van der Waals surface area contributed by atoms with Crippen LogP contribution in [-0.4, -0.2) is 37.3 Å². The highest BCUT2D eigenvalue weighted by atomic mass is 32.1. The summed E-state index contributed by atoms with van der Waals surface area (Å²) >= 11 is 1.32. The second-order valence-corrected chi connectivity index (χ2v) is 10.5. The number of carbonyl (C=O) groups is 1. The number of aromatic nitrogens is 1. The smallest absolute Gasteiger partial charge is 0.338 e. The Balaban J connectivity index is 1.75. The Kier molecular flexibility index (Phi) is 7.89. The van der Waals surface area contributed by atoms with Crippen LogP contribution < -0.4 is 24.5 Å². The standard InChI is InChI=1S/C32H33N3O4S/c1-6-34(7-2)23-16-13-21(14-17-23)19-26-30(36)35-29(27(31(37)39-8-3)20(4)33-32(35)40-26)28-24-12-10-9-11-22(24)15-18-25(28)38-5/h9-19,29H,6-8H2,1-5H3/t29-/m1/s1. The number of rotatable bonds is 8. The summed E-state index contributed by atoms with van der Waals surface area (Å²) in [6.07, 6.45) is 1.89. The Hall–Kier alpha value is -4.17. The Morgan fingerprint density at radius 1 is 1.05 bits per heavy atom. The quantitative estimate of drug-likeness (QED) is 0.292. The van der Waals surface area contributed by atoms with Crippen LogP contribution in [0, 0.1) is 0 Å². The molecule has 1 aromatic heterocycles. The van der Waals surface area contributed by atoms with Crippen molar-refractivity contribution in [3.63, 3.8) is 0 Å². The number of nitrogens with zero attached hydrogens (tertiary/aromatic N) is 3. The number of benzene rings is 3. The molecule has 0 bridgehead atoms. The minimum Gasteiger partial charge on any atom is -0.496 e. The second kappa shape index (κ2) is 11.5. The first-order valence-corrected chi connectivity index (χ1v) is 14.3. The van der Waals surface area contributed by atoms with Gasteiger partial charge in [-0.1, -0.05) is 53.8 Å². The van der Waals surface area contributed by atoms with Gasteiger partial charge in [-0.15, -0.1) is 0 Å². The number of hydrogen-bond acceptors (Lipinski definition) is 7. The van der Waals surface area contributed by atoms with E-state index in [1.54, 1.807) is 25.5 Å². The van der Waals surface area contributed by atoms with Gasteiger partial charge in [0.05, 0.1) is 29.5 Å². The van der Waals surface area contributed by atoms with Gasteiger partial charge in [0.25, 0.3) is 5.56 Å². The molecule has 0 saturated heterocycles. The largest absolute Gasteiger partial charge is 0.496 e. The highest BCUT2D eigenvalue weighted by molar-refractivity contribution is 7.07. The molecular formula is C32H33N3O4S. The zero-order chi connectivity index (χ0) is 28.4. The molecule has 1 aliphatic rings. The molecule has 1 atom stereocenters. The number of allylic oxidation sites excluding steroid dienone is 1. The lowest BCUT2D eigenvalue weighted by Gasteiger charge is -2.27. The van der Waals surface area contributed by atoms with Crippen molar-refractivity contribution in [2.45, 2.75) is 33.7 Å². The van der Waals surface area contributed by atoms with Crippen LogP contribution in [-0.2, 0) is 9.53 Å². The summed E-state index contributed by atoms with van der Waals surface area (Å²) in [7, 11) is 1.60. The maximum atomic E-state index is 14.1. The average Bonchev–Trinajstić information content (AvgIpc) is 3.27. The third-order valence-electron chi connectivity index (χ3n) is 7.26. The van der Waals surface area contributed by atoms with Gasteiger partial charge in [0.2, 0.25) is 0 Å². The minimum atomic E-state index is -0.761. The highest BCUT2D eigenvalue weighted by Gasteiger charge is 2.36. The molecule has 0 saturated carbocycles. The lowest BCUT2D eigenvalue weighted by Crippen LogP contribution is -2.40. The number of carbonyl (C=O) groups excluding carboxylic acids is 1. The van der Waals surface area contributed by atoms with E-state index in [9.17, 15) is 9.59 Å². The summed E-state index contributed by atoms with van der Waals surface area (Å²) in [5.74, 6) is 0.0896. The Bertz CT molecular complexity index is 1780. The van der Waals surface area contributed by atoms with E-state index < -0.39 is 12.0 Å². The first-order chi connectivity index (χ1) is 19.4. The van der Waals surface area contributed by atoms with Crippen molar-refractivity contribution < 1.29 is 14.3 Å². The molecule has 1 aliphatic heterocycles. The first-order valence-electron chi connectivity index (χ1n) is 13.5. The maximum absolute atomic E-state index is 14.1. The van der Waals surface area contributed by atoms with Crippen molar-refractivity contribution in [1.29, 1.82) is 0 Å². The maximum Gasteiger partial charge on any atom is 0.338 e. The normalized spacial score (nSPS) is 15.1. The molecule has 3 aromatic carbocycles. The van der Waals surface area contributed by atoms with Crippen LogP contribution >= 0.6 is 11.3 Å². The third kappa shape index (κ3) is 4.84. The number of thiazole rings is 1. The van der Waals surface area contributed by atoms with Crippen molar-refractivity contribution >= 4 is 39.8 Å². The van der Waals surface area contributed by atoms with Crippen LogP contribution in [0.1, 0.15) is 44.9 Å². The van der Waals surface area contributed by atoms with E-state index in [4.69, 9.17) is 14.5 Å². The Morgan fingerprint density at radius 3 is 2.45 bits per heavy atom. The molecule has 4 aromatic rings. The van der Waals surface area contributed by atoms with E-state index in [0.717, 1.165) is 40.7 Å². The minimum absolute atomic E-state index is 0.211. The summed E-state index contributed by atoms with van der Waals surface area (Å²) in [6, 6.07) is 19.2. The van der Waals surface area contributed by atoms with E-state index in [0.29, 0.717) is 26.4 Å². The zero-order valence-electron chi connectivity index (χ0n) is 23.4. The van der Waals surface area contributed by atoms with Crippen LogP contribution in [0.4, 0.5) is 5.69 Å². The lowest BCUT2D eigenvalue weighted by molar-refractivity contribution is -0.139. The van der Waals surface area contributed by atoms with Gasteiger partial charge in [0.15, 0.2) is 4.80 Å². The first kappa shape index (κ1) is 27.4. The van der Waals surface area contributed by atoms with Gasteiger partial charge < -0.3 is 14.4 Å². The topological polar surface area (TPSA) is 73.1 Å². The van der Waals surface area contributed by atoms with Crippen LogP contribution in [0.25, 0.3) is 16.8 Å². The van der Waals surface area contributed by atoms with Gasteiger partial charge in [-0.3, -0.25) is 9.36 Å². The fraction of sp³-hybridized carbons (Fsp3) is 0.281. The fourth-order valence-corrected chi connectivity index (χ4v) is 6.37. The van der Waals surface area contributed by atoms with Gasteiger partial charge in [0, 0.05) is 24.3 Å². The summed E-state index contributed by atoms with van der Waals surface area (Å²) in [4.78, 5) is 35.0. The van der Waals surface area contributed by atoms with Crippen LogP contribution in [0.5, 0.6) is 5.75 Å². The predicted octanol–water partition coefficient (Wildman–Crippen LogP) is 4.81. The SMILES string of the molecule is CCOC(=O)C1=C(C)N=c2sc(=Cc3ccc(N(CC)CC)cc3)c(=O)n2[C@H]1c1c(OC)ccc2ccccc12. The molecule has 0 N–H and O–H groups in total. The van der Waals surface area contributed by atoms with E-state index in [-0.39, 0.29) is 12.2 Å². The number of hydrogen-bond donors (Lipinski definition) is 0. The van der Waals surface area contributed by atoms with Crippen LogP contribution in [0.15, 0.2) is 81.7 Å². The number of methoxy groups -OCH3 is 1. The van der Waals surface area contributed by atoms with Gasteiger partial charge in [-0.2, -0.15) is 0 Å². The molecule has 8 heteroatoms. The lowest BCUT2D eigenvalue weighted by atomic mass is 9.90. The van der Waals surface area contributed by atoms with Crippen molar-refractivity contribution in [1.82, 2.24) is 4.57 Å². The molecule has 0 aliphatic carbocycles. The van der Waals surface area contributed by atoms with Crippen LogP contribution in [0.3, 0.4) is 0 Å². The molecule has 2 heterocycles. The Morgan fingerprint density at radius 2 is 1.77 bits per heavy atom. The molecule has 0 spiro atoms. The molecule has 40 heavy (non-hydrogen) atoms. The molecule has 0 amide bonds. The third-order valence-corrected chi connectivity index (χ3v) is 8.24. The monoisotopic (exact) mass is 555 g/mol. The Labute approximate surface area is 237 Å². The van der Waals surface area contributed by atoms with Gasteiger partial charge in [-0.25, -0.2) is 9.79 Å². The van der Waals surface area contributed by atoms with Gasteiger partial charge >= 0.3 is 5.97 Å². The van der Waals surface area contributed by atoms with Gasteiger partial charge in [0.1, 0.15) is 11.8 Å². The summed E-state index contributed by atoms with van der Waals surface area (Å²) in [5, 5.41) is 1.87.